The van der Waals surface area contributed by atoms with Gasteiger partial charge in [-0.05, 0) is 37.3 Å². The quantitative estimate of drug-likeness (QED) is 0.540. The molecule has 1 aromatic carbocycles. The molecule has 2 atom stereocenters. The molecular formula is C13H18N2O2. The predicted octanol–water partition coefficient (Wildman–Crippen LogP) is 1.89. The van der Waals surface area contributed by atoms with Gasteiger partial charge in [0, 0.05) is 6.04 Å². The van der Waals surface area contributed by atoms with Crippen LogP contribution in [0.4, 0.5) is 5.69 Å². The van der Waals surface area contributed by atoms with Gasteiger partial charge < -0.3 is 16.2 Å². The molecule has 17 heavy (non-hydrogen) atoms. The highest BCUT2D eigenvalue weighted by atomic mass is 16.3. The van der Waals surface area contributed by atoms with Crippen LogP contribution in [0.5, 0.6) is 5.75 Å². The predicted molar refractivity (Wildman–Crippen MR) is 66.8 cm³/mol. The first-order valence-electron chi connectivity index (χ1n) is 5.96. The van der Waals surface area contributed by atoms with Crippen LogP contribution in [0.25, 0.3) is 0 Å². The van der Waals surface area contributed by atoms with E-state index in [0.717, 1.165) is 19.3 Å². The molecule has 2 unspecified atom stereocenters. The molecule has 4 heteroatoms. The number of rotatable bonds is 2. The highest BCUT2D eigenvalue weighted by Gasteiger charge is 2.24. The second kappa shape index (κ2) is 4.65. The lowest BCUT2D eigenvalue weighted by Gasteiger charge is -2.13. The van der Waals surface area contributed by atoms with Crippen molar-refractivity contribution >= 4 is 11.6 Å². The van der Waals surface area contributed by atoms with Crippen LogP contribution in [0.2, 0.25) is 0 Å². The maximum absolute atomic E-state index is 12.0. The van der Waals surface area contributed by atoms with Crippen LogP contribution >= 0.6 is 0 Å². The zero-order chi connectivity index (χ0) is 12.4. The second-order valence-corrected chi connectivity index (χ2v) is 4.83. The molecule has 1 aliphatic carbocycles. The molecule has 1 aliphatic rings. The largest absolute Gasteiger partial charge is 0.505 e. The van der Waals surface area contributed by atoms with Crippen molar-refractivity contribution in [1.82, 2.24) is 5.32 Å². The molecule has 4 nitrogen and oxygen atoms in total. The van der Waals surface area contributed by atoms with E-state index in [1.807, 2.05) is 0 Å². The third kappa shape index (κ3) is 2.52. The van der Waals surface area contributed by atoms with Crippen LogP contribution < -0.4 is 11.1 Å². The second-order valence-electron chi connectivity index (χ2n) is 4.83. The molecule has 0 radical (unpaired) electrons. The SMILES string of the molecule is CC1CCC(NC(=O)c2cccc(N)c2O)C1. The zero-order valence-electron chi connectivity index (χ0n) is 9.94. The third-order valence-electron chi connectivity index (χ3n) is 3.34. The molecule has 2 rings (SSSR count). The molecule has 0 bridgehead atoms. The third-order valence-corrected chi connectivity index (χ3v) is 3.34. The fraction of sp³-hybridized carbons (Fsp3) is 0.462. The minimum atomic E-state index is -0.242. The van der Waals surface area contributed by atoms with E-state index in [1.54, 1.807) is 18.2 Å². The monoisotopic (exact) mass is 234 g/mol. The van der Waals surface area contributed by atoms with Crippen LogP contribution in [0.3, 0.4) is 0 Å². The summed E-state index contributed by atoms with van der Waals surface area (Å²) < 4.78 is 0. The number of hydrogen-bond donors (Lipinski definition) is 3. The summed E-state index contributed by atoms with van der Waals surface area (Å²) in [5, 5.41) is 12.6. The molecular weight excluding hydrogens is 216 g/mol. The Hall–Kier alpha value is -1.71. The summed E-state index contributed by atoms with van der Waals surface area (Å²) in [6.07, 6.45) is 3.17. The number of nitrogens with two attached hydrogens (primary N) is 1. The molecule has 4 N–H and O–H groups in total. The Kier molecular flexibility index (Phi) is 3.22. The molecule has 0 spiro atoms. The number of phenolic OH excluding ortho intramolecular Hbond substituents is 1. The molecule has 1 amide bonds. The highest BCUT2D eigenvalue weighted by molar-refractivity contribution is 5.98. The number of benzene rings is 1. The fourth-order valence-corrected chi connectivity index (χ4v) is 2.35. The van der Waals surface area contributed by atoms with Crippen LogP contribution in [0.15, 0.2) is 18.2 Å². The van der Waals surface area contributed by atoms with Crippen molar-refractivity contribution < 1.29 is 9.90 Å². The number of nitrogen functional groups attached to an aromatic ring is 1. The fourth-order valence-electron chi connectivity index (χ4n) is 2.35. The van der Waals surface area contributed by atoms with Crippen molar-refractivity contribution in [3.05, 3.63) is 23.8 Å². The highest BCUT2D eigenvalue weighted by Crippen LogP contribution is 2.27. The van der Waals surface area contributed by atoms with Crippen LogP contribution in [0, 0.1) is 5.92 Å². The lowest BCUT2D eigenvalue weighted by molar-refractivity contribution is 0.0934. The van der Waals surface area contributed by atoms with E-state index in [4.69, 9.17) is 5.73 Å². The van der Waals surface area contributed by atoms with Crippen molar-refractivity contribution in [2.24, 2.45) is 5.92 Å². The number of carbonyl (C=O) groups excluding carboxylic acids is 1. The van der Waals surface area contributed by atoms with Gasteiger partial charge in [-0.1, -0.05) is 13.0 Å². The standard InChI is InChI=1S/C13H18N2O2/c1-8-5-6-9(7-8)15-13(17)10-3-2-4-11(14)12(10)16/h2-4,8-9,16H,5-7,14H2,1H3,(H,15,17). The van der Waals surface area contributed by atoms with Gasteiger partial charge in [-0.3, -0.25) is 4.79 Å². The lowest BCUT2D eigenvalue weighted by atomic mass is 10.1. The maximum atomic E-state index is 12.0. The number of amides is 1. The van der Waals surface area contributed by atoms with E-state index in [9.17, 15) is 9.90 Å². The smallest absolute Gasteiger partial charge is 0.255 e. The Balaban J connectivity index is 2.07. The summed E-state index contributed by atoms with van der Waals surface area (Å²) in [5.41, 5.74) is 6.05. The lowest BCUT2D eigenvalue weighted by Crippen LogP contribution is -2.32. The first kappa shape index (κ1) is 11.8. The Morgan fingerprint density at radius 3 is 2.88 bits per heavy atom. The number of anilines is 1. The minimum Gasteiger partial charge on any atom is -0.505 e. The summed E-state index contributed by atoms with van der Waals surface area (Å²) in [7, 11) is 0. The van der Waals surface area contributed by atoms with Crippen molar-refractivity contribution in [3.8, 4) is 5.75 Å². The van der Waals surface area contributed by atoms with E-state index < -0.39 is 0 Å². The molecule has 1 aromatic rings. The molecule has 1 fully saturated rings. The summed E-state index contributed by atoms with van der Waals surface area (Å²) in [6.45, 7) is 2.18. The Bertz CT molecular complexity index is 431. The van der Waals surface area contributed by atoms with Crippen LogP contribution in [0.1, 0.15) is 36.5 Å². The first-order chi connectivity index (χ1) is 8.08. The van der Waals surface area contributed by atoms with Crippen LogP contribution in [-0.2, 0) is 0 Å². The minimum absolute atomic E-state index is 0.129. The summed E-state index contributed by atoms with van der Waals surface area (Å²) >= 11 is 0. The molecule has 0 aliphatic heterocycles. The summed E-state index contributed by atoms with van der Waals surface area (Å²) in [4.78, 5) is 12.0. The number of phenols is 1. The Labute approximate surface area is 101 Å². The number of carbonyl (C=O) groups is 1. The molecule has 0 aromatic heterocycles. The summed E-state index contributed by atoms with van der Waals surface area (Å²) in [5.74, 6) is 0.291. The molecule has 1 saturated carbocycles. The zero-order valence-corrected chi connectivity index (χ0v) is 9.94. The number of aromatic hydroxyl groups is 1. The van der Waals surface area contributed by atoms with E-state index in [1.165, 1.54) is 0 Å². The van der Waals surface area contributed by atoms with Gasteiger partial charge >= 0.3 is 0 Å². The van der Waals surface area contributed by atoms with E-state index in [2.05, 4.69) is 12.2 Å². The van der Waals surface area contributed by atoms with E-state index in [0.29, 0.717) is 5.92 Å². The van der Waals surface area contributed by atoms with Crippen molar-refractivity contribution in [3.63, 3.8) is 0 Å². The van der Waals surface area contributed by atoms with Gasteiger partial charge in [-0.2, -0.15) is 0 Å². The maximum Gasteiger partial charge on any atom is 0.255 e. The van der Waals surface area contributed by atoms with Crippen molar-refractivity contribution in [1.29, 1.82) is 0 Å². The first-order valence-corrected chi connectivity index (χ1v) is 5.96. The van der Waals surface area contributed by atoms with Gasteiger partial charge in [-0.15, -0.1) is 0 Å². The van der Waals surface area contributed by atoms with Crippen molar-refractivity contribution in [2.75, 3.05) is 5.73 Å². The normalized spacial score (nSPS) is 23.6. The number of para-hydroxylation sites is 1. The van der Waals surface area contributed by atoms with Gasteiger partial charge in [0.1, 0.15) is 0 Å². The van der Waals surface area contributed by atoms with E-state index in [-0.39, 0.29) is 28.9 Å². The molecule has 0 heterocycles. The number of hydrogen-bond acceptors (Lipinski definition) is 3. The van der Waals surface area contributed by atoms with Crippen molar-refractivity contribution in [2.45, 2.75) is 32.2 Å². The molecule has 92 valence electrons. The average molecular weight is 234 g/mol. The topological polar surface area (TPSA) is 75.4 Å². The average Bonchev–Trinajstić information content (AvgIpc) is 2.68. The van der Waals surface area contributed by atoms with Gasteiger partial charge in [0.15, 0.2) is 5.75 Å². The Morgan fingerprint density at radius 1 is 1.47 bits per heavy atom. The van der Waals surface area contributed by atoms with Crippen LogP contribution in [-0.4, -0.2) is 17.1 Å². The number of nitrogens with one attached hydrogen (secondary N) is 1. The van der Waals surface area contributed by atoms with Gasteiger partial charge in [-0.25, -0.2) is 0 Å². The van der Waals surface area contributed by atoms with Gasteiger partial charge in [0.25, 0.3) is 5.91 Å². The van der Waals surface area contributed by atoms with Gasteiger partial charge in [0.05, 0.1) is 11.3 Å². The van der Waals surface area contributed by atoms with E-state index >= 15 is 0 Å². The Morgan fingerprint density at radius 2 is 2.24 bits per heavy atom. The molecule has 0 saturated heterocycles. The van der Waals surface area contributed by atoms with Gasteiger partial charge in [0.2, 0.25) is 0 Å². The summed E-state index contributed by atoms with van der Waals surface area (Å²) in [6, 6.07) is 5.04.